The molecule has 1 heterocycles. The maximum atomic E-state index is 11.1. The van der Waals surface area contributed by atoms with Crippen molar-refractivity contribution in [3.8, 4) is 0 Å². The maximum absolute atomic E-state index is 11.1. The summed E-state index contributed by atoms with van der Waals surface area (Å²) < 4.78 is 4.82. The first-order chi connectivity index (χ1) is 5.03. The van der Waals surface area contributed by atoms with E-state index in [1.54, 1.807) is 0 Å². The number of hydrogen-bond donors (Lipinski definition) is 0. The lowest BCUT2D eigenvalue weighted by Crippen LogP contribution is -2.23. The second kappa shape index (κ2) is 1.49. The SMILES string of the molecule is CC(=O)[C@@]12C[C@]1(C)COC2=O. The van der Waals surface area contributed by atoms with E-state index >= 15 is 0 Å². The number of rotatable bonds is 1. The molecule has 3 heteroatoms. The van der Waals surface area contributed by atoms with Crippen molar-refractivity contribution < 1.29 is 14.3 Å². The van der Waals surface area contributed by atoms with Crippen molar-refractivity contribution in [3.63, 3.8) is 0 Å². The highest BCUT2D eigenvalue weighted by Gasteiger charge is 2.77. The fourth-order valence-electron chi connectivity index (χ4n) is 2.08. The van der Waals surface area contributed by atoms with Gasteiger partial charge in [-0.25, -0.2) is 0 Å². The molecule has 2 aliphatic rings. The van der Waals surface area contributed by atoms with Crippen LogP contribution in [0.5, 0.6) is 0 Å². The summed E-state index contributed by atoms with van der Waals surface area (Å²) in [6, 6.07) is 0. The molecular weight excluding hydrogens is 144 g/mol. The van der Waals surface area contributed by atoms with Crippen molar-refractivity contribution in [3.05, 3.63) is 0 Å². The number of ether oxygens (including phenoxy) is 1. The number of esters is 1. The van der Waals surface area contributed by atoms with Gasteiger partial charge in [0.25, 0.3) is 0 Å². The third-order valence-electron chi connectivity index (χ3n) is 3.03. The van der Waals surface area contributed by atoms with E-state index in [0.717, 1.165) is 0 Å². The van der Waals surface area contributed by atoms with E-state index in [1.165, 1.54) is 6.92 Å². The first-order valence-corrected chi connectivity index (χ1v) is 3.71. The fraction of sp³-hybridized carbons (Fsp3) is 0.750. The zero-order valence-electron chi connectivity index (χ0n) is 6.64. The van der Waals surface area contributed by atoms with Crippen LogP contribution in [-0.4, -0.2) is 18.4 Å². The summed E-state index contributed by atoms with van der Waals surface area (Å²) in [4.78, 5) is 22.3. The van der Waals surface area contributed by atoms with Crippen molar-refractivity contribution in [2.24, 2.45) is 10.8 Å². The van der Waals surface area contributed by atoms with Crippen molar-refractivity contribution in [1.29, 1.82) is 0 Å². The molecule has 1 aliphatic heterocycles. The quantitative estimate of drug-likeness (QED) is 0.408. The Bertz CT molecular complexity index is 258. The van der Waals surface area contributed by atoms with Crippen LogP contribution in [-0.2, 0) is 14.3 Å². The van der Waals surface area contributed by atoms with Crippen LogP contribution in [0.15, 0.2) is 0 Å². The fourth-order valence-corrected chi connectivity index (χ4v) is 2.08. The topological polar surface area (TPSA) is 43.4 Å². The normalized spacial score (nSPS) is 46.5. The Hall–Kier alpha value is -0.860. The number of fused-ring (bicyclic) bond motifs is 1. The van der Waals surface area contributed by atoms with Gasteiger partial charge in [0.1, 0.15) is 11.2 Å². The number of carbonyl (C=O) groups is 2. The number of ketones is 1. The lowest BCUT2D eigenvalue weighted by Gasteiger charge is -2.03. The van der Waals surface area contributed by atoms with Crippen molar-refractivity contribution in [1.82, 2.24) is 0 Å². The Morgan fingerprint density at radius 3 is 2.45 bits per heavy atom. The van der Waals surface area contributed by atoms with Crippen LogP contribution in [0.25, 0.3) is 0 Å². The number of Topliss-reactive ketones (excluding diaryl/α,β-unsaturated/α-hetero) is 1. The van der Waals surface area contributed by atoms with Gasteiger partial charge in [-0.2, -0.15) is 0 Å². The molecule has 0 unspecified atom stereocenters. The average molecular weight is 154 g/mol. The Morgan fingerprint density at radius 1 is 1.64 bits per heavy atom. The van der Waals surface area contributed by atoms with Gasteiger partial charge in [-0.05, 0) is 13.3 Å². The minimum Gasteiger partial charge on any atom is -0.464 e. The monoisotopic (exact) mass is 154 g/mol. The van der Waals surface area contributed by atoms with E-state index in [1.807, 2.05) is 6.92 Å². The third-order valence-corrected chi connectivity index (χ3v) is 3.03. The van der Waals surface area contributed by atoms with Gasteiger partial charge in [0, 0.05) is 5.41 Å². The molecule has 0 spiro atoms. The van der Waals surface area contributed by atoms with E-state index in [2.05, 4.69) is 0 Å². The van der Waals surface area contributed by atoms with E-state index in [4.69, 9.17) is 4.74 Å². The van der Waals surface area contributed by atoms with Gasteiger partial charge in [0.05, 0.1) is 6.61 Å². The third kappa shape index (κ3) is 0.513. The van der Waals surface area contributed by atoms with Gasteiger partial charge in [-0.1, -0.05) is 6.92 Å². The largest absolute Gasteiger partial charge is 0.464 e. The number of cyclic esters (lactones) is 1. The Labute approximate surface area is 64.7 Å². The molecule has 3 nitrogen and oxygen atoms in total. The van der Waals surface area contributed by atoms with Crippen LogP contribution < -0.4 is 0 Å². The lowest BCUT2D eigenvalue weighted by atomic mass is 9.94. The molecule has 0 aromatic carbocycles. The summed E-state index contributed by atoms with van der Waals surface area (Å²) in [7, 11) is 0. The van der Waals surface area contributed by atoms with Crippen LogP contribution in [0.2, 0.25) is 0 Å². The number of hydrogen-bond acceptors (Lipinski definition) is 3. The van der Waals surface area contributed by atoms with E-state index in [-0.39, 0.29) is 17.2 Å². The second-order valence-electron chi connectivity index (χ2n) is 3.78. The van der Waals surface area contributed by atoms with Gasteiger partial charge in [-0.15, -0.1) is 0 Å². The Balaban J connectivity index is 2.41. The molecule has 0 bridgehead atoms. The molecule has 0 amide bonds. The smallest absolute Gasteiger partial charge is 0.320 e. The van der Waals surface area contributed by atoms with Gasteiger partial charge in [0.15, 0.2) is 0 Å². The summed E-state index contributed by atoms with van der Waals surface area (Å²) in [5.41, 5.74) is -0.914. The van der Waals surface area contributed by atoms with Crippen LogP contribution in [0.4, 0.5) is 0 Å². The predicted octanol–water partition coefficient (Wildman–Crippen LogP) is 0.529. The van der Waals surface area contributed by atoms with Crippen LogP contribution in [0.3, 0.4) is 0 Å². The molecule has 1 saturated carbocycles. The van der Waals surface area contributed by atoms with Crippen molar-refractivity contribution >= 4 is 11.8 Å². The highest BCUT2D eigenvalue weighted by Crippen LogP contribution is 2.68. The summed E-state index contributed by atoms with van der Waals surface area (Å²) in [5, 5.41) is 0. The number of carbonyl (C=O) groups excluding carboxylic acids is 2. The van der Waals surface area contributed by atoms with Crippen molar-refractivity contribution in [2.45, 2.75) is 20.3 Å². The van der Waals surface area contributed by atoms with Crippen molar-refractivity contribution in [2.75, 3.05) is 6.61 Å². The molecule has 2 atom stereocenters. The summed E-state index contributed by atoms with van der Waals surface area (Å²) >= 11 is 0. The zero-order valence-corrected chi connectivity index (χ0v) is 6.64. The highest BCUT2D eigenvalue weighted by atomic mass is 16.5. The molecule has 2 rings (SSSR count). The first-order valence-electron chi connectivity index (χ1n) is 3.71. The summed E-state index contributed by atoms with van der Waals surface area (Å²) in [5.74, 6) is -0.352. The predicted molar refractivity (Wildman–Crippen MR) is 36.8 cm³/mol. The average Bonchev–Trinajstić information content (AvgIpc) is 2.47. The Kier molecular flexibility index (Phi) is 0.926. The molecule has 1 saturated heterocycles. The second-order valence-corrected chi connectivity index (χ2v) is 3.78. The minimum absolute atomic E-state index is 0.0394. The first kappa shape index (κ1) is 6.83. The molecule has 0 aromatic heterocycles. The van der Waals surface area contributed by atoms with E-state index < -0.39 is 5.41 Å². The van der Waals surface area contributed by atoms with E-state index in [9.17, 15) is 9.59 Å². The molecule has 11 heavy (non-hydrogen) atoms. The molecule has 2 fully saturated rings. The van der Waals surface area contributed by atoms with Gasteiger partial charge < -0.3 is 4.74 Å². The summed E-state index contributed by atoms with van der Waals surface area (Å²) in [6.45, 7) is 3.82. The van der Waals surface area contributed by atoms with Gasteiger partial charge >= 0.3 is 5.97 Å². The lowest BCUT2D eigenvalue weighted by molar-refractivity contribution is -0.148. The Morgan fingerprint density at radius 2 is 2.27 bits per heavy atom. The molecule has 0 aromatic rings. The molecule has 1 aliphatic carbocycles. The van der Waals surface area contributed by atoms with E-state index in [0.29, 0.717) is 13.0 Å². The highest BCUT2D eigenvalue weighted by molar-refractivity contribution is 6.08. The maximum Gasteiger partial charge on any atom is 0.320 e. The summed E-state index contributed by atoms with van der Waals surface area (Å²) in [6.07, 6.45) is 0.689. The zero-order chi connectivity index (χ0) is 8.28. The molecule has 60 valence electrons. The van der Waals surface area contributed by atoms with Crippen LogP contribution in [0, 0.1) is 10.8 Å². The van der Waals surface area contributed by atoms with Crippen LogP contribution in [0.1, 0.15) is 20.3 Å². The van der Waals surface area contributed by atoms with Crippen LogP contribution >= 0.6 is 0 Å². The molecule has 0 radical (unpaired) electrons. The molecule has 0 N–H and O–H groups in total. The molecular formula is C8H10O3. The standard InChI is InChI=1S/C8H10O3/c1-5(9)8-3-7(8,2)4-11-6(8)10/h3-4H2,1-2H3/t7-,8-/m1/s1. The van der Waals surface area contributed by atoms with Gasteiger partial charge in [0.2, 0.25) is 0 Å². The van der Waals surface area contributed by atoms with Gasteiger partial charge in [-0.3, -0.25) is 9.59 Å². The minimum atomic E-state index is -0.743.